The molecular weight excluding hydrogens is 244 g/mol. The highest BCUT2D eigenvalue weighted by Crippen LogP contribution is 2.48. The number of hydrogen-bond acceptors (Lipinski definition) is 2. The van der Waals surface area contributed by atoms with Crippen LogP contribution in [0, 0.1) is 17.8 Å². The highest BCUT2D eigenvalue weighted by atomic mass is 15.2. The van der Waals surface area contributed by atoms with E-state index in [1.165, 1.54) is 43.4 Å². The summed E-state index contributed by atoms with van der Waals surface area (Å²) in [4.78, 5) is 2.69. The van der Waals surface area contributed by atoms with Crippen molar-refractivity contribution in [2.75, 3.05) is 13.1 Å². The lowest BCUT2D eigenvalue weighted by molar-refractivity contribution is 0.126. The van der Waals surface area contributed by atoms with Crippen molar-refractivity contribution in [3.05, 3.63) is 35.4 Å². The molecule has 0 radical (unpaired) electrons. The monoisotopic (exact) mass is 270 g/mol. The van der Waals surface area contributed by atoms with Crippen LogP contribution in [0.15, 0.2) is 24.3 Å². The van der Waals surface area contributed by atoms with Crippen molar-refractivity contribution in [2.45, 2.75) is 44.7 Å². The Kier molecular flexibility index (Phi) is 3.31. The Morgan fingerprint density at radius 1 is 1.10 bits per heavy atom. The van der Waals surface area contributed by atoms with E-state index in [2.05, 4.69) is 29.2 Å². The first-order valence-electron chi connectivity index (χ1n) is 8.34. The normalized spacial score (nSPS) is 36.2. The number of rotatable bonds is 3. The summed E-state index contributed by atoms with van der Waals surface area (Å²) in [6, 6.07) is 9.49. The fraction of sp³-hybridized carbons (Fsp3) is 0.667. The molecule has 0 spiro atoms. The Labute approximate surface area is 122 Å². The van der Waals surface area contributed by atoms with E-state index in [0.29, 0.717) is 6.04 Å². The molecule has 2 N–H and O–H groups in total. The maximum Gasteiger partial charge on any atom is 0.0262 e. The molecule has 0 saturated heterocycles. The van der Waals surface area contributed by atoms with Gasteiger partial charge in [0.25, 0.3) is 0 Å². The van der Waals surface area contributed by atoms with Crippen molar-refractivity contribution >= 4 is 0 Å². The summed E-state index contributed by atoms with van der Waals surface area (Å²) in [5.41, 5.74) is 9.11. The van der Waals surface area contributed by atoms with Gasteiger partial charge in [0, 0.05) is 25.7 Å². The van der Waals surface area contributed by atoms with Crippen LogP contribution in [-0.4, -0.2) is 24.0 Å². The predicted molar refractivity (Wildman–Crippen MR) is 82.3 cm³/mol. The number of hydrogen-bond donors (Lipinski definition) is 1. The molecule has 2 nitrogen and oxygen atoms in total. The lowest BCUT2D eigenvalue weighted by atomic mass is 9.86. The first-order valence-corrected chi connectivity index (χ1v) is 8.34. The summed E-state index contributed by atoms with van der Waals surface area (Å²) >= 11 is 0. The van der Waals surface area contributed by atoms with Gasteiger partial charge in [-0.15, -0.1) is 0 Å². The van der Waals surface area contributed by atoms with Crippen LogP contribution in [0.1, 0.15) is 36.8 Å². The molecule has 2 heteroatoms. The van der Waals surface area contributed by atoms with Crippen LogP contribution >= 0.6 is 0 Å². The van der Waals surface area contributed by atoms with E-state index >= 15 is 0 Å². The predicted octanol–water partition coefficient (Wildman–Crippen LogP) is 2.81. The maximum absolute atomic E-state index is 6.06. The fourth-order valence-corrected chi connectivity index (χ4v) is 4.99. The van der Waals surface area contributed by atoms with Gasteiger partial charge in [-0.3, -0.25) is 4.90 Å². The van der Waals surface area contributed by atoms with E-state index in [9.17, 15) is 0 Å². The summed E-state index contributed by atoms with van der Waals surface area (Å²) < 4.78 is 0. The van der Waals surface area contributed by atoms with Crippen LogP contribution in [0.5, 0.6) is 0 Å². The van der Waals surface area contributed by atoms with Gasteiger partial charge in [-0.05, 0) is 54.6 Å². The lowest BCUT2D eigenvalue weighted by Crippen LogP contribution is -2.47. The molecule has 1 heterocycles. The minimum absolute atomic E-state index is 0.559. The smallest absolute Gasteiger partial charge is 0.0262 e. The molecule has 4 unspecified atom stereocenters. The van der Waals surface area contributed by atoms with Gasteiger partial charge in [0.1, 0.15) is 0 Å². The average Bonchev–Trinajstić information content (AvgIpc) is 3.09. The molecule has 4 atom stereocenters. The lowest BCUT2D eigenvalue weighted by Gasteiger charge is -2.39. The van der Waals surface area contributed by atoms with Gasteiger partial charge in [-0.1, -0.05) is 30.7 Å². The van der Waals surface area contributed by atoms with Gasteiger partial charge in [-0.2, -0.15) is 0 Å². The van der Waals surface area contributed by atoms with Crippen LogP contribution < -0.4 is 5.73 Å². The first-order chi connectivity index (χ1) is 9.83. The molecule has 1 aliphatic heterocycles. The quantitative estimate of drug-likeness (QED) is 0.915. The molecule has 4 rings (SSSR count). The van der Waals surface area contributed by atoms with E-state index in [4.69, 9.17) is 5.73 Å². The van der Waals surface area contributed by atoms with Gasteiger partial charge in [0.05, 0.1) is 0 Å². The molecule has 1 aromatic rings. The number of nitrogens with zero attached hydrogens (tertiary/aromatic N) is 1. The Balaban J connectivity index is 1.49. The number of benzene rings is 1. The Hall–Kier alpha value is -0.860. The second-order valence-electron chi connectivity index (χ2n) is 7.23. The number of fused-ring (bicyclic) bond motifs is 3. The van der Waals surface area contributed by atoms with E-state index in [1.807, 2.05) is 0 Å². The third kappa shape index (κ3) is 2.19. The van der Waals surface area contributed by atoms with Crippen molar-refractivity contribution in [2.24, 2.45) is 23.5 Å². The van der Waals surface area contributed by atoms with Gasteiger partial charge >= 0.3 is 0 Å². The van der Waals surface area contributed by atoms with Crippen LogP contribution in [0.25, 0.3) is 0 Å². The fourth-order valence-electron chi connectivity index (χ4n) is 4.99. The van der Waals surface area contributed by atoms with Crippen molar-refractivity contribution in [1.29, 1.82) is 0 Å². The molecule has 108 valence electrons. The molecule has 2 saturated carbocycles. The molecule has 20 heavy (non-hydrogen) atoms. The summed E-state index contributed by atoms with van der Waals surface area (Å²) in [6.07, 6.45) is 7.15. The minimum Gasteiger partial charge on any atom is -0.329 e. The molecule has 3 aliphatic rings. The van der Waals surface area contributed by atoms with Crippen molar-refractivity contribution in [3.8, 4) is 0 Å². The van der Waals surface area contributed by atoms with Crippen molar-refractivity contribution < 1.29 is 0 Å². The summed E-state index contributed by atoms with van der Waals surface area (Å²) in [7, 11) is 0. The van der Waals surface area contributed by atoms with E-state index in [0.717, 1.165) is 37.3 Å². The summed E-state index contributed by atoms with van der Waals surface area (Å²) in [5.74, 6) is 3.03. The zero-order valence-electron chi connectivity index (χ0n) is 12.3. The molecular formula is C18H26N2. The second kappa shape index (κ2) is 5.16. The van der Waals surface area contributed by atoms with Gasteiger partial charge in [0.15, 0.2) is 0 Å². The maximum atomic E-state index is 6.06. The van der Waals surface area contributed by atoms with Crippen molar-refractivity contribution in [3.63, 3.8) is 0 Å². The molecule has 2 aliphatic carbocycles. The van der Waals surface area contributed by atoms with Gasteiger partial charge < -0.3 is 5.73 Å². The Morgan fingerprint density at radius 3 is 2.65 bits per heavy atom. The van der Waals surface area contributed by atoms with E-state index in [1.54, 1.807) is 0 Å². The molecule has 2 bridgehead atoms. The zero-order chi connectivity index (χ0) is 13.5. The second-order valence-corrected chi connectivity index (χ2v) is 7.23. The topological polar surface area (TPSA) is 29.3 Å². The molecule has 2 fully saturated rings. The van der Waals surface area contributed by atoms with Gasteiger partial charge in [0.2, 0.25) is 0 Å². The van der Waals surface area contributed by atoms with Crippen molar-refractivity contribution in [1.82, 2.24) is 4.90 Å². The van der Waals surface area contributed by atoms with E-state index < -0.39 is 0 Å². The van der Waals surface area contributed by atoms with Crippen LogP contribution in [-0.2, 0) is 13.0 Å². The van der Waals surface area contributed by atoms with Crippen LogP contribution in [0.2, 0.25) is 0 Å². The molecule has 1 aromatic carbocycles. The zero-order valence-corrected chi connectivity index (χ0v) is 12.3. The third-order valence-electron chi connectivity index (χ3n) is 6.09. The Morgan fingerprint density at radius 2 is 1.95 bits per heavy atom. The van der Waals surface area contributed by atoms with Crippen LogP contribution in [0.3, 0.4) is 0 Å². The summed E-state index contributed by atoms with van der Waals surface area (Å²) in [6.45, 7) is 3.21. The van der Waals surface area contributed by atoms with E-state index in [-0.39, 0.29) is 0 Å². The van der Waals surface area contributed by atoms with Gasteiger partial charge in [-0.25, -0.2) is 0 Å². The number of nitrogens with two attached hydrogens (primary N) is 1. The Bertz CT molecular complexity index is 484. The third-order valence-corrected chi connectivity index (χ3v) is 6.09. The minimum atomic E-state index is 0.559. The highest BCUT2D eigenvalue weighted by molar-refractivity contribution is 5.30. The molecule has 0 aromatic heterocycles. The molecule has 0 amide bonds. The SMILES string of the molecule is NCC1Cc2ccccc2CN1CC1CC2CCC1C2. The van der Waals surface area contributed by atoms with Crippen LogP contribution in [0.4, 0.5) is 0 Å². The average molecular weight is 270 g/mol. The largest absolute Gasteiger partial charge is 0.329 e. The highest BCUT2D eigenvalue weighted by Gasteiger charge is 2.41. The standard InChI is InChI=1S/C18H26N2/c19-10-18-9-14-3-1-2-4-16(14)11-20(18)12-17-8-13-5-6-15(17)7-13/h1-4,13,15,17-18H,5-12,19H2. The summed E-state index contributed by atoms with van der Waals surface area (Å²) in [5, 5.41) is 0. The first kappa shape index (κ1) is 12.8.